The molecule has 0 fully saturated rings. The summed E-state index contributed by atoms with van der Waals surface area (Å²) < 4.78 is 30.9. The van der Waals surface area contributed by atoms with E-state index in [9.17, 15) is 0 Å². The molecule has 406 valence electrons. The summed E-state index contributed by atoms with van der Waals surface area (Å²) in [7, 11) is -6.34. The molecule has 2 nitrogen and oxygen atoms in total. The van der Waals surface area contributed by atoms with Gasteiger partial charge >= 0.3 is 0 Å². The third-order valence-corrected chi connectivity index (χ3v) is 23.3. The van der Waals surface area contributed by atoms with Crippen LogP contribution in [0.1, 0.15) is 0 Å². The van der Waals surface area contributed by atoms with Crippen molar-refractivity contribution >= 4 is 89.2 Å². The highest BCUT2D eigenvalue weighted by molar-refractivity contribution is 7.85. The summed E-state index contributed by atoms with van der Waals surface area (Å²) in [6.45, 7) is 0. The highest BCUT2D eigenvalue weighted by Crippen LogP contribution is 2.49. The Balaban J connectivity index is 0.902. The summed E-state index contributed by atoms with van der Waals surface area (Å²) in [5.74, 6) is 0. The van der Waals surface area contributed by atoms with Gasteiger partial charge in [-0.2, -0.15) is 0 Å². The number of rotatable bonds is 12. The molecule has 15 aromatic rings. The molecule has 15 aromatic carbocycles. The normalized spacial score (nSPS) is 11.8. The van der Waals surface area contributed by atoms with Gasteiger partial charge in [0.1, 0.15) is 0 Å². The van der Waals surface area contributed by atoms with Crippen LogP contribution < -0.4 is 31.8 Å². The molecular weight excluding hydrogens is 1080 g/mol. The van der Waals surface area contributed by atoms with E-state index in [1.165, 1.54) is 22.3 Å². The second kappa shape index (κ2) is 22.1. The number of fused-ring (bicyclic) bond motifs is 4. The van der Waals surface area contributed by atoms with Crippen LogP contribution in [0.25, 0.3) is 110 Å². The molecule has 4 heteroatoms. The van der Waals surface area contributed by atoms with Gasteiger partial charge in [0.15, 0.2) is 14.3 Å². The van der Waals surface area contributed by atoms with Crippen molar-refractivity contribution in [2.45, 2.75) is 0 Å². The van der Waals surface area contributed by atoms with Gasteiger partial charge in [-0.15, -0.1) is 0 Å². The van der Waals surface area contributed by atoms with Crippen molar-refractivity contribution in [1.82, 2.24) is 0 Å². The van der Waals surface area contributed by atoms with Crippen LogP contribution in [0.2, 0.25) is 0 Å². The Morgan fingerprint density at radius 3 is 0.744 bits per heavy atom. The summed E-state index contributed by atoms with van der Waals surface area (Å²) >= 11 is 0. The van der Waals surface area contributed by atoms with Gasteiger partial charge in [0.25, 0.3) is 0 Å². The van der Waals surface area contributed by atoms with E-state index in [1.54, 1.807) is 0 Å². The molecule has 0 heterocycles. The Bertz CT molecular complexity index is 4700. The van der Waals surface area contributed by atoms with Gasteiger partial charge in [-0.1, -0.05) is 303 Å². The van der Waals surface area contributed by atoms with E-state index in [2.05, 4.69) is 218 Å². The van der Waals surface area contributed by atoms with Gasteiger partial charge in [0.05, 0.1) is 0 Å². The first kappa shape index (κ1) is 52.6. The van der Waals surface area contributed by atoms with E-state index in [4.69, 9.17) is 0 Å². The van der Waals surface area contributed by atoms with Crippen molar-refractivity contribution in [3.05, 3.63) is 340 Å². The summed E-state index contributed by atoms with van der Waals surface area (Å²) in [6, 6.07) is 119. The second-order valence-corrected chi connectivity index (χ2v) is 27.7. The first-order chi connectivity index (χ1) is 42.4. The zero-order valence-electron chi connectivity index (χ0n) is 47.0. The maximum atomic E-state index is 15.5. The summed E-state index contributed by atoms with van der Waals surface area (Å²) in [6.07, 6.45) is 0. The zero-order valence-corrected chi connectivity index (χ0v) is 48.8. The second-order valence-electron chi connectivity index (χ2n) is 22.2. The Morgan fingerprint density at radius 2 is 0.407 bits per heavy atom. The first-order valence-electron chi connectivity index (χ1n) is 29.2. The Labute approximate surface area is 501 Å². The highest BCUT2D eigenvalue weighted by atomic mass is 31.2. The lowest BCUT2D eigenvalue weighted by molar-refractivity contribution is 0.591. The van der Waals surface area contributed by atoms with Crippen molar-refractivity contribution in [2.24, 2.45) is 0 Å². The zero-order chi connectivity index (χ0) is 57.6. The SMILES string of the molecule is O=P(c1ccccc1)(c1ccccc1)c1ccc2cc(-c3ccc4c(-c5ccc(-c6ccccc6)cc5)c5cc(-c6ccc7cc(P(=O)(c8ccccc8)c8ccccc8)ccc7c6)ccc5c(-c5ccc(-c6ccccc6)cc5)c4c3)ccc2c1. The lowest BCUT2D eigenvalue weighted by Crippen LogP contribution is -2.24. The molecule has 0 radical (unpaired) electrons. The van der Waals surface area contributed by atoms with E-state index in [0.29, 0.717) is 0 Å². The summed E-state index contributed by atoms with van der Waals surface area (Å²) in [5, 5.41) is 13.8. The minimum absolute atomic E-state index is 0.813. The molecule has 15 rings (SSSR count). The maximum Gasteiger partial charge on any atom is 0.171 e. The fraction of sp³-hybridized carbons (Fsp3) is 0. The predicted octanol–water partition coefficient (Wildman–Crippen LogP) is 19.6. The third-order valence-electron chi connectivity index (χ3n) is 17.2. The molecule has 0 N–H and O–H groups in total. The predicted molar refractivity (Wildman–Crippen MR) is 368 cm³/mol. The smallest absolute Gasteiger partial charge is 0.171 e. The quantitative estimate of drug-likeness (QED) is 0.0902. The lowest BCUT2D eigenvalue weighted by Gasteiger charge is -2.21. The van der Waals surface area contributed by atoms with Crippen molar-refractivity contribution < 1.29 is 9.13 Å². The molecule has 0 aliphatic carbocycles. The van der Waals surface area contributed by atoms with Gasteiger partial charge in [-0.3, -0.25) is 0 Å². The van der Waals surface area contributed by atoms with Crippen molar-refractivity contribution in [3.63, 3.8) is 0 Å². The largest absolute Gasteiger partial charge is 0.309 e. The Hall–Kier alpha value is -10.2. The fourth-order valence-electron chi connectivity index (χ4n) is 12.8. The molecule has 0 bridgehead atoms. The fourth-order valence-corrected chi connectivity index (χ4v) is 18.2. The van der Waals surface area contributed by atoms with E-state index in [-0.39, 0.29) is 0 Å². The summed E-state index contributed by atoms with van der Waals surface area (Å²) in [5.41, 5.74) is 13.7. The average molecular weight is 1140 g/mol. The van der Waals surface area contributed by atoms with E-state index >= 15 is 9.13 Å². The Kier molecular flexibility index (Phi) is 13.5. The van der Waals surface area contributed by atoms with Crippen LogP contribution >= 0.6 is 14.3 Å². The van der Waals surface area contributed by atoms with Crippen LogP contribution in [0.4, 0.5) is 0 Å². The van der Waals surface area contributed by atoms with Crippen molar-refractivity contribution in [3.8, 4) is 66.8 Å². The third kappa shape index (κ3) is 9.42. The maximum absolute atomic E-state index is 15.5. The summed E-state index contributed by atoms with van der Waals surface area (Å²) in [4.78, 5) is 0. The van der Waals surface area contributed by atoms with Crippen LogP contribution in [0, 0.1) is 0 Å². The number of hydrogen-bond acceptors (Lipinski definition) is 2. The van der Waals surface area contributed by atoms with E-state index in [1.807, 2.05) is 121 Å². The molecule has 0 unspecified atom stereocenters. The topological polar surface area (TPSA) is 34.1 Å². The van der Waals surface area contributed by atoms with Crippen LogP contribution in [0.5, 0.6) is 0 Å². The van der Waals surface area contributed by atoms with Gasteiger partial charge in [0.2, 0.25) is 0 Å². The molecule has 0 amide bonds. The van der Waals surface area contributed by atoms with E-state index < -0.39 is 14.3 Å². The monoisotopic (exact) mass is 1130 g/mol. The molecule has 0 aromatic heterocycles. The van der Waals surface area contributed by atoms with Gasteiger partial charge < -0.3 is 9.13 Å². The molecule has 0 saturated heterocycles. The van der Waals surface area contributed by atoms with Crippen LogP contribution in [0.15, 0.2) is 340 Å². The molecule has 0 aliphatic heterocycles. The van der Waals surface area contributed by atoms with Crippen molar-refractivity contribution in [2.75, 3.05) is 0 Å². The first-order valence-corrected chi connectivity index (χ1v) is 32.7. The molecule has 86 heavy (non-hydrogen) atoms. The number of benzene rings is 15. The molecule has 0 spiro atoms. The molecular formula is C82H56O2P2. The van der Waals surface area contributed by atoms with Gasteiger partial charge in [-0.25, -0.2) is 0 Å². The van der Waals surface area contributed by atoms with Crippen molar-refractivity contribution in [1.29, 1.82) is 0 Å². The number of hydrogen-bond donors (Lipinski definition) is 0. The standard InChI is InChI=1S/C82H56O2P2/c83-85(71-23-11-3-12-24-71,72-25-13-4-14-26-72)75-47-43-65-51-63(39-41-67(65)53-75)69-46-50-78-79(55-69)81(61-35-31-59(32-36-61)57-19-7-1-8-20-57)77-49-45-70(56-80(77)82(78)62-37-33-60(34-38-62)58-21-9-2-10-22-58)64-40-42-68-54-76(48-44-66(68)52-64)86(84,73-27-15-5-16-28-73)74-29-17-6-18-30-74/h1-56H. The highest BCUT2D eigenvalue weighted by Gasteiger charge is 2.31. The van der Waals surface area contributed by atoms with Gasteiger partial charge in [-0.05, 0) is 146 Å². The van der Waals surface area contributed by atoms with Crippen LogP contribution in [0.3, 0.4) is 0 Å². The molecule has 0 atom stereocenters. The van der Waals surface area contributed by atoms with Crippen LogP contribution in [-0.2, 0) is 9.13 Å². The minimum atomic E-state index is -3.17. The Morgan fingerprint density at radius 1 is 0.163 bits per heavy atom. The average Bonchev–Trinajstić information content (AvgIpc) is 2.01. The lowest BCUT2D eigenvalue weighted by atomic mass is 9.83. The van der Waals surface area contributed by atoms with Gasteiger partial charge in [0, 0.05) is 31.8 Å². The van der Waals surface area contributed by atoms with E-state index in [0.717, 1.165) is 119 Å². The van der Waals surface area contributed by atoms with Crippen LogP contribution in [-0.4, -0.2) is 0 Å². The minimum Gasteiger partial charge on any atom is -0.309 e. The molecule has 0 saturated carbocycles. The molecule has 0 aliphatic rings.